The van der Waals surface area contributed by atoms with Crippen LogP contribution in [0.3, 0.4) is 0 Å². The van der Waals surface area contributed by atoms with E-state index in [0.29, 0.717) is 44.1 Å². The highest BCUT2D eigenvalue weighted by molar-refractivity contribution is 8.16. The summed E-state index contributed by atoms with van der Waals surface area (Å²) in [5, 5.41) is 2.67. The Kier molecular flexibility index (Phi) is 8.15. The van der Waals surface area contributed by atoms with Crippen LogP contribution in [0.15, 0.2) is 51.6 Å². The number of ether oxygens (including phenoxy) is 2. The smallest absolute Gasteiger partial charge is 0.338 e. The second-order valence-electron chi connectivity index (χ2n) is 9.00. The number of esters is 1. The van der Waals surface area contributed by atoms with Gasteiger partial charge in [-0.15, -0.1) is 0 Å². The van der Waals surface area contributed by atoms with Gasteiger partial charge < -0.3 is 24.2 Å². The Bertz CT molecular complexity index is 1120. The summed E-state index contributed by atoms with van der Waals surface area (Å²) in [4.78, 5) is 48.3. The number of carbonyl (C=O) groups is 3. The van der Waals surface area contributed by atoms with Crippen molar-refractivity contribution in [2.45, 2.75) is 33.2 Å². The van der Waals surface area contributed by atoms with Crippen molar-refractivity contribution in [2.75, 3.05) is 46.5 Å². The highest BCUT2D eigenvalue weighted by Gasteiger charge is 2.41. The summed E-state index contributed by atoms with van der Waals surface area (Å²) >= 11 is 1.45. The van der Waals surface area contributed by atoms with Gasteiger partial charge in [0.25, 0.3) is 0 Å². The number of nitrogens with zero attached hydrogens (tertiary/aromatic N) is 4. The van der Waals surface area contributed by atoms with Gasteiger partial charge in [-0.2, -0.15) is 0 Å². The molecule has 10 heteroatoms. The molecule has 2 amide bonds. The van der Waals surface area contributed by atoms with E-state index >= 15 is 0 Å². The van der Waals surface area contributed by atoms with Crippen LogP contribution in [0.1, 0.15) is 37.4 Å². The molecule has 192 valence electrons. The second kappa shape index (κ2) is 11.3. The molecule has 3 heterocycles. The van der Waals surface area contributed by atoms with Crippen molar-refractivity contribution in [2.24, 2.45) is 4.99 Å². The number of allylic oxidation sites excluding steroid dienone is 1. The third-order valence-electron chi connectivity index (χ3n) is 6.54. The Labute approximate surface area is 215 Å². The Hall–Kier alpha value is -3.11. The molecule has 36 heavy (non-hydrogen) atoms. The molecule has 0 aliphatic carbocycles. The molecule has 3 aliphatic rings. The maximum absolute atomic E-state index is 13.2. The van der Waals surface area contributed by atoms with Gasteiger partial charge in [0.2, 0.25) is 11.8 Å². The lowest BCUT2D eigenvalue weighted by atomic mass is 9.93. The van der Waals surface area contributed by atoms with E-state index in [1.54, 1.807) is 23.8 Å². The first kappa shape index (κ1) is 26.0. The van der Waals surface area contributed by atoms with E-state index in [4.69, 9.17) is 14.5 Å². The summed E-state index contributed by atoms with van der Waals surface area (Å²) in [5.41, 5.74) is 3.87. The molecule has 3 aliphatic heterocycles. The normalized spacial score (nSPS) is 19.7. The topological polar surface area (TPSA) is 91.7 Å². The van der Waals surface area contributed by atoms with Crippen molar-refractivity contribution in [1.29, 1.82) is 0 Å². The van der Waals surface area contributed by atoms with Crippen LogP contribution >= 0.6 is 11.8 Å². The number of piperazine rings is 1. The van der Waals surface area contributed by atoms with Crippen LogP contribution in [0.2, 0.25) is 0 Å². The fraction of sp³-hybridized carbons (Fsp3) is 0.462. The van der Waals surface area contributed by atoms with E-state index in [2.05, 4.69) is 0 Å². The minimum absolute atomic E-state index is 0.00976. The summed E-state index contributed by atoms with van der Waals surface area (Å²) in [7, 11) is 1.56. The Morgan fingerprint density at radius 2 is 1.69 bits per heavy atom. The molecule has 1 atom stereocenters. The second-order valence-corrected chi connectivity index (χ2v) is 9.83. The largest absolute Gasteiger partial charge is 0.460 e. The quantitative estimate of drug-likeness (QED) is 0.410. The molecule has 0 saturated carbocycles. The molecule has 9 nitrogen and oxygen atoms in total. The number of fused-ring (bicyclic) bond motifs is 1. The van der Waals surface area contributed by atoms with Gasteiger partial charge in [-0.05, 0) is 24.8 Å². The maximum atomic E-state index is 13.2. The molecular formula is C26H32N4O5S. The maximum Gasteiger partial charge on any atom is 0.338 e. The number of carbonyl (C=O) groups excluding carboxylic acids is 3. The van der Waals surface area contributed by atoms with E-state index in [1.165, 1.54) is 11.8 Å². The van der Waals surface area contributed by atoms with Crippen LogP contribution in [0, 0.1) is 6.92 Å². The van der Waals surface area contributed by atoms with E-state index < -0.39 is 12.0 Å². The average Bonchev–Trinajstić information content (AvgIpc) is 3.25. The first-order valence-corrected chi connectivity index (χ1v) is 12.9. The van der Waals surface area contributed by atoms with Crippen LogP contribution in [-0.4, -0.2) is 84.2 Å². The fourth-order valence-corrected chi connectivity index (χ4v) is 5.49. The van der Waals surface area contributed by atoms with Gasteiger partial charge in [0.05, 0.1) is 30.3 Å². The average molecular weight is 513 g/mol. The summed E-state index contributed by atoms with van der Waals surface area (Å²) in [5.74, 6) is -0.426. The molecule has 0 radical (unpaired) electrons. The molecule has 0 unspecified atom stereocenters. The molecule has 4 rings (SSSR count). The molecule has 1 saturated heterocycles. The van der Waals surface area contributed by atoms with E-state index in [-0.39, 0.29) is 24.8 Å². The fourth-order valence-electron chi connectivity index (χ4n) is 4.53. The predicted octanol–water partition coefficient (Wildman–Crippen LogP) is 2.84. The van der Waals surface area contributed by atoms with Crippen molar-refractivity contribution < 1.29 is 23.9 Å². The Morgan fingerprint density at radius 1 is 1.03 bits per heavy atom. The third kappa shape index (κ3) is 5.49. The van der Waals surface area contributed by atoms with Crippen LogP contribution < -0.4 is 0 Å². The zero-order valence-corrected chi connectivity index (χ0v) is 22.0. The lowest BCUT2D eigenvalue weighted by molar-refractivity contribution is -0.141. The molecule has 0 N–H and O–H groups in total. The standard InChI is InChI=1S/C26H32N4O5S/c1-17-5-7-20(8-6-17)24-23(25(33)35-14-13-34-4)18(2)27-26-30(24)21(16-36-26)15-22(32)29-11-9-28(10-12-29)19(3)31/h5-8,16,24H,9-15H2,1-4H3/t24-/m1/s1. The number of benzene rings is 1. The highest BCUT2D eigenvalue weighted by Crippen LogP contribution is 2.45. The minimum atomic E-state index is -0.461. The minimum Gasteiger partial charge on any atom is -0.460 e. The monoisotopic (exact) mass is 512 g/mol. The van der Waals surface area contributed by atoms with Crippen molar-refractivity contribution in [3.8, 4) is 0 Å². The number of rotatable bonds is 7. The van der Waals surface area contributed by atoms with E-state index in [0.717, 1.165) is 22.0 Å². The van der Waals surface area contributed by atoms with Crippen molar-refractivity contribution in [3.05, 3.63) is 57.8 Å². The van der Waals surface area contributed by atoms with Crippen LogP contribution in [0.25, 0.3) is 0 Å². The lowest BCUT2D eigenvalue weighted by Crippen LogP contribution is -2.50. The van der Waals surface area contributed by atoms with E-state index in [1.807, 2.05) is 48.4 Å². The van der Waals surface area contributed by atoms with E-state index in [9.17, 15) is 14.4 Å². The SMILES string of the molecule is COCCOC(=O)C1=C(C)N=C2SC=C(CC(=O)N3CCN(C(C)=O)CC3)N2[C@@H]1c1ccc(C)cc1. The number of aliphatic imine (C=N–C) groups is 1. The van der Waals surface area contributed by atoms with Gasteiger partial charge in [-0.25, -0.2) is 9.79 Å². The molecule has 1 aromatic rings. The number of amides is 2. The first-order valence-electron chi connectivity index (χ1n) is 12.0. The number of methoxy groups -OCH3 is 1. The van der Waals surface area contributed by atoms with Crippen molar-refractivity contribution in [3.63, 3.8) is 0 Å². The number of hydrogen-bond donors (Lipinski definition) is 0. The third-order valence-corrected chi connectivity index (χ3v) is 7.43. The molecule has 0 bridgehead atoms. The zero-order valence-electron chi connectivity index (χ0n) is 21.2. The van der Waals surface area contributed by atoms with Crippen molar-refractivity contribution in [1.82, 2.24) is 14.7 Å². The molecule has 0 spiro atoms. The van der Waals surface area contributed by atoms with Gasteiger partial charge >= 0.3 is 5.97 Å². The molecule has 1 aromatic carbocycles. The summed E-state index contributed by atoms with van der Waals surface area (Å²) < 4.78 is 10.5. The van der Waals surface area contributed by atoms with Crippen LogP contribution in [0.4, 0.5) is 0 Å². The number of amidine groups is 1. The van der Waals surface area contributed by atoms with Gasteiger partial charge in [0, 0.05) is 45.9 Å². The number of thioether (sulfide) groups is 1. The van der Waals surface area contributed by atoms with Crippen LogP contribution in [-0.2, 0) is 23.9 Å². The van der Waals surface area contributed by atoms with Crippen LogP contribution in [0.5, 0.6) is 0 Å². The molecular weight excluding hydrogens is 480 g/mol. The zero-order chi connectivity index (χ0) is 25.8. The summed E-state index contributed by atoms with van der Waals surface area (Å²) in [6, 6.07) is 7.56. The first-order chi connectivity index (χ1) is 17.3. The lowest BCUT2D eigenvalue weighted by Gasteiger charge is -2.37. The summed E-state index contributed by atoms with van der Waals surface area (Å²) in [6.07, 6.45) is 0.180. The van der Waals surface area contributed by atoms with Gasteiger partial charge in [-0.1, -0.05) is 41.6 Å². The number of hydrogen-bond acceptors (Lipinski definition) is 8. The van der Waals surface area contributed by atoms with Gasteiger partial charge in [-0.3, -0.25) is 9.59 Å². The van der Waals surface area contributed by atoms with Gasteiger partial charge in [0.15, 0.2) is 5.17 Å². The molecule has 1 fully saturated rings. The Balaban J connectivity index is 1.59. The summed E-state index contributed by atoms with van der Waals surface area (Å²) in [6.45, 7) is 7.93. The van der Waals surface area contributed by atoms with Crippen molar-refractivity contribution >= 4 is 34.7 Å². The Morgan fingerprint density at radius 3 is 2.33 bits per heavy atom. The number of aryl methyl sites for hydroxylation is 1. The predicted molar refractivity (Wildman–Crippen MR) is 138 cm³/mol. The highest BCUT2D eigenvalue weighted by atomic mass is 32.2. The van der Waals surface area contributed by atoms with Gasteiger partial charge in [0.1, 0.15) is 6.61 Å². The molecule has 0 aromatic heterocycles.